The van der Waals surface area contributed by atoms with E-state index in [1.165, 1.54) is 30.0 Å². The summed E-state index contributed by atoms with van der Waals surface area (Å²) in [5.74, 6) is -3.36. The number of halogens is 3. The fourth-order valence-electron chi connectivity index (χ4n) is 5.47. The molecule has 3 amide bonds. The van der Waals surface area contributed by atoms with Gasteiger partial charge in [0, 0.05) is 18.0 Å². The van der Waals surface area contributed by atoms with Gasteiger partial charge in [0.25, 0.3) is 5.91 Å². The number of benzene rings is 2. The standard InChI is InChI=1S/C35H49F3N4O6S/c1-22(2)27(19-23(3)30(43)41-49(46,47)21-24-15-14-18-26(20-24)48-35(36,37)38)42(10)32(45)29(33(4,5)6)40-31(44)28(39-9)34(7,8)25-16-12-11-13-17-25/h11-20,22,27-29,39H,21H2,1-10H3,(H,40,44)(H,41,43)/b23-19+. The summed E-state index contributed by atoms with van der Waals surface area (Å²) < 4.78 is 69.1. The van der Waals surface area contributed by atoms with E-state index in [4.69, 9.17) is 0 Å². The summed E-state index contributed by atoms with van der Waals surface area (Å²) in [5, 5.41) is 6.06. The highest BCUT2D eigenvalue weighted by molar-refractivity contribution is 7.89. The lowest BCUT2D eigenvalue weighted by Crippen LogP contribution is -2.61. The minimum absolute atomic E-state index is 0.00715. The molecule has 0 aliphatic carbocycles. The van der Waals surface area contributed by atoms with Crippen LogP contribution in [0.4, 0.5) is 13.2 Å². The first-order chi connectivity index (χ1) is 22.4. The highest BCUT2D eigenvalue weighted by Crippen LogP contribution is 2.29. The minimum atomic E-state index is -4.96. The number of ether oxygens (including phenoxy) is 1. The smallest absolute Gasteiger partial charge is 0.406 e. The lowest BCUT2D eigenvalue weighted by atomic mass is 9.76. The first-order valence-corrected chi connectivity index (χ1v) is 17.4. The molecule has 0 aliphatic heterocycles. The molecule has 3 N–H and O–H groups in total. The Kier molecular flexibility index (Phi) is 13.6. The summed E-state index contributed by atoms with van der Waals surface area (Å²) in [6.45, 7) is 14.4. The summed E-state index contributed by atoms with van der Waals surface area (Å²) in [6.07, 6.45) is -3.48. The highest BCUT2D eigenvalue weighted by atomic mass is 32.2. The first-order valence-electron chi connectivity index (χ1n) is 15.8. The normalized spacial score (nSPS) is 14.9. The molecule has 0 aliphatic rings. The Bertz CT molecular complexity index is 1600. The molecule has 3 unspecified atom stereocenters. The topological polar surface area (TPSA) is 134 Å². The number of alkyl halides is 3. The summed E-state index contributed by atoms with van der Waals surface area (Å²) in [4.78, 5) is 42.3. The molecule has 0 radical (unpaired) electrons. The van der Waals surface area contributed by atoms with Crippen LogP contribution in [-0.2, 0) is 35.6 Å². The van der Waals surface area contributed by atoms with Gasteiger partial charge in [-0.25, -0.2) is 13.1 Å². The van der Waals surface area contributed by atoms with Crippen LogP contribution in [0.5, 0.6) is 5.75 Å². The second-order valence-corrected chi connectivity index (χ2v) is 15.8. The Morgan fingerprint density at radius 2 is 1.53 bits per heavy atom. The molecule has 2 aromatic rings. The van der Waals surface area contributed by atoms with Gasteiger partial charge in [0.15, 0.2) is 0 Å². The van der Waals surface area contributed by atoms with Gasteiger partial charge in [-0.15, -0.1) is 13.2 Å². The molecule has 0 spiro atoms. The number of carbonyl (C=O) groups is 3. The summed E-state index contributed by atoms with van der Waals surface area (Å²) in [5.41, 5.74) is -0.454. The predicted octanol–water partition coefficient (Wildman–Crippen LogP) is 5.06. The molecule has 3 atom stereocenters. The Balaban J connectivity index is 2.28. The monoisotopic (exact) mass is 710 g/mol. The quantitative estimate of drug-likeness (QED) is 0.234. The highest BCUT2D eigenvalue weighted by Gasteiger charge is 2.41. The molecule has 0 heterocycles. The summed E-state index contributed by atoms with van der Waals surface area (Å²) in [6, 6.07) is 11.7. The van der Waals surface area contributed by atoms with Gasteiger partial charge >= 0.3 is 6.36 Å². The van der Waals surface area contributed by atoms with Crippen molar-refractivity contribution in [1.82, 2.24) is 20.3 Å². The third-order valence-electron chi connectivity index (χ3n) is 8.18. The van der Waals surface area contributed by atoms with Crippen LogP contribution >= 0.6 is 0 Å². The Morgan fingerprint density at radius 1 is 0.939 bits per heavy atom. The van der Waals surface area contributed by atoms with Crippen LogP contribution < -0.4 is 20.1 Å². The van der Waals surface area contributed by atoms with Crippen molar-refractivity contribution in [3.63, 3.8) is 0 Å². The zero-order valence-electron chi connectivity index (χ0n) is 29.7. The second kappa shape index (κ2) is 16.2. The van der Waals surface area contributed by atoms with Crippen molar-refractivity contribution in [1.29, 1.82) is 0 Å². The molecule has 14 heteroatoms. The van der Waals surface area contributed by atoms with E-state index in [1.807, 2.05) is 83.5 Å². The van der Waals surface area contributed by atoms with E-state index in [0.717, 1.165) is 17.7 Å². The maximum absolute atomic E-state index is 14.1. The van der Waals surface area contributed by atoms with Gasteiger partial charge in [-0.3, -0.25) is 14.4 Å². The van der Waals surface area contributed by atoms with Gasteiger partial charge in [0.05, 0.1) is 17.8 Å². The van der Waals surface area contributed by atoms with E-state index in [0.29, 0.717) is 0 Å². The fraction of sp³-hybridized carbons (Fsp3) is 0.514. The Labute approximate surface area is 287 Å². The lowest BCUT2D eigenvalue weighted by molar-refractivity contribution is -0.274. The Hall–Kier alpha value is -3.91. The van der Waals surface area contributed by atoms with Crippen molar-refractivity contribution < 1.29 is 40.7 Å². The zero-order valence-corrected chi connectivity index (χ0v) is 30.5. The van der Waals surface area contributed by atoms with Crippen LogP contribution in [0.15, 0.2) is 66.2 Å². The maximum atomic E-state index is 14.1. The molecule has 0 fully saturated rings. The molecule has 49 heavy (non-hydrogen) atoms. The van der Waals surface area contributed by atoms with E-state index < -0.39 is 68.7 Å². The van der Waals surface area contributed by atoms with Crippen LogP contribution in [0, 0.1) is 11.3 Å². The average Bonchev–Trinajstić information content (AvgIpc) is 2.96. The van der Waals surface area contributed by atoms with Gasteiger partial charge in [-0.2, -0.15) is 0 Å². The molecule has 0 saturated heterocycles. The second-order valence-electron chi connectivity index (χ2n) is 14.0. The van der Waals surface area contributed by atoms with Crippen LogP contribution in [0.25, 0.3) is 0 Å². The molecule has 0 aromatic heterocycles. The SMILES string of the molecule is CNC(C(=O)NC(C(=O)N(C)C(/C=C(\C)C(=O)NS(=O)(=O)Cc1cccc(OC(F)(F)F)c1)C(C)C)C(C)(C)C)C(C)(C)c1ccccc1. The molecule has 10 nitrogen and oxygen atoms in total. The van der Waals surface area contributed by atoms with E-state index in [1.54, 1.807) is 14.1 Å². The first kappa shape index (κ1) is 41.3. The van der Waals surface area contributed by atoms with E-state index in [2.05, 4.69) is 15.4 Å². The molecule has 0 saturated carbocycles. The van der Waals surface area contributed by atoms with Gasteiger partial charge in [0.2, 0.25) is 21.8 Å². The molecular weight excluding hydrogens is 661 g/mol. The van der Waals surface area contributed by atoms with Crippen LogP contribution in [0.1, 0.15) is 66.5 Å². The van der Waals surface area contributed by atoms with Crippen molar-refractivity contribution >= 4 is 27.7 Å². The molecular formula is C35H49F3N4O6S. The summed E-state index contributed by atoms with van der Waals surface area (Å²) in [7, 11) is -1.10. The fourth-order valence-corrected chi connectivity index (χ4v) is 6.61. The third-order valence-corrected chi connectivity index (χ3v) is 9.39. The molecule has 2 rings (SSSR count). The summed E-state index contributed by atoms with van der Waals surface area (Å²) >= 11 is 0. The van der Waals surface area contributed by atoms with Gasteiger partial charge in [-0.1, -0.05) is 97.0 Å². The van der Waals surface area contributed by atoms with Crippen LogP contribution in [-0.4, -0.2) is 69.6 Å². The number of likely N-dealkylation sites (N-methyl/N-ethyl adjacent to an activating group) is 2. The van der Waals surface area contributed by atoms with Crippen LogP contribution in [0.2, 0.25) is 0 Å². The number of rotatable bonds is 14. The van der Waals surface area contributed by atoms with Gasteiger partial charge in [-0.05, 0) is 48.6 Å². The lowest BCUT2D eigenvalue weighted by Gasteiger charge is -2.40. The number of nitrogens with one attached hydrogen (secondary N) is 3. The number of nitrogens with zero attached hydrogens (tertiary/aromatic N) is 1. The third kappa shape index (κ3) is 11.9. The van der Waals surface area contributed by atoms with Gasteiger partial charge < -0.3 is 20.3 Å². The maximum Gasteiger partial charge on any atom is 0.573 e. The van der Waals surface area contributed by atoms with E-state index >= 15 is 0 Å². The van der Waals surface area contributed by atoms with Crippen molar-refractivity contribution in [3.8, 4) is 5.75 Å². The largest absolute Gasteiger partial charge is 0.573 e. The number of amides is 3. The van der Waals surface area contributed by atoms with Crippen LogP contribution in [0.3, 0.4) is 0 Å². The van der Waals surface area contributed by atoms with Crippen molar-refractivity contribution in [2.24, 2.45) is 11.3 Å². The van der Waals surface area contributed by atoms with Crippen molar-refractivity contribution in [2.45, 2.75) is 91.0 Å². The van der Waals surface area contributed by atoms with Crippen molar-refractivity contribution in [2.75, 3.05) is 14.1 Å². The molecule has 272 valence electrons. The predicted molar refractivity (Wildman–Crippen MR) is 183 cm³/mol. The van der Waals surface area contributed by atoms with E-state index in [-0.39, 0.29) is 23.0 Å². The molecule has 2 aromatic carbocycles. The number of hydrogen-bond acceptors (Lipinski definition) is 7. The minimum Gasteiger partial charge on any atom is -0.406 e. The van der Waals surface area contributed by atoms with Gasteiger partial charge in [0.1, 0.15) is 11.8 Å². The molecule has 0 bridgehead atoms. The number of carbonyl (C=O) groups excluding carboxylic acids is 3. The van der Waals surface area contributed by atoms with E-state index in [9.17, 15) is 36.0 Å². The Morgan fingerprint density at radius 3 is 2.04 bits per heavy atom. The number of sulfonamides is 1. The number of hydrogen-bond donors (Lipinski definition) is 3. The zero-order chi connectivity index (χ0) is 37.5. The average molecular weight is 711 g/mol. The van der Waals surface area contributed by atoms with Crippen molar-refractivity contribution in [3.05, 3.63) is 77.4 Å².